The number of aryl methyl sites for hydroxylation is 1. The molecule has 5 rings (SSSR count). The van der Waals surface area contributed by atoms with E-state index in [1.165, 1.54) is 12.3 Å². The van der Waals surface area contributed by atoms with E-state index in [0.29, 0.717) is 24.1 Å². The Morgan fingerprint density at radius 2 is 1.88 bits per heavy atom. The van der Waals surface area contributed by atoms with Crippen LogP contribution in [0.4, 0.5) is 19.0 Å². The Hall–Kier alpha value is -3.59. The molecule has 1 aliphatic rings. The summed E-state index contributed by atoms with van der Waals surface area (Å²) < 4.78 is 41.1. The summed E-state index contributed by atoms with van der Waals surface area (Å²) in [5.41, 5.74) is 6.33. The molecule has 32 heavy (non-hydrogen) atoms. The Labute approximate surface area is 181 Å². The van der Waals surface area contributed by atoms with E-state index in [4.69, 9.17) is 5.73 Å². The zero-order valence-electron chi connectivity index (χ0n) is 16.8. The van der Waals surface area contributed by atoms with Crippen LogP contribution in [0.3, 0.4) is 0 Å². The van der Waals surface area contributed by atoms with Gasteiger partial charge in [-0.1, -0.05) is 24.3 Å². The monoisotopic (exact) mass is 437 g/mol. The smallest absolute Gasteiger partial charge is 0.383 e. The minimum absolute atomic E-state index is 0.0530. The van der Waals surface area contributed by atoms with Gasteiger partial charge in [-0.25, -0.2) is 15.0 Å². The first-order chi connectivity index (χ1) is 15.2. The molecule has 6 nitrogen and oxygen atoms in total. The van der Waals surface area contributed by atoms with Gasteiger partial charge in [0.05, 0.1) is 5.69 Å². The van der Waals surface area contributed by atoms with Crippen molar-refractivity contribution in [2.24, 2.45) is 0 Å². The minimum atomic E-state index is -4.68. The van der Waals surface area contributed by atoms with Crippen LogP contribution in [0.15, 0.2) is 54.9 Å². The molecular weight excluding hydrogens is 419 g/mol. The SMILES string of the molecule is Nc1nccc2c(C(F)(F)F)nc(-c3cccc(C[C@@]4(O)CCc5cccnc54)c3)nc12. The molecule has 0 saturated heterocycles. The molecule has 3 aromatic heterocycles. The van der Waals surface area contributed by atoms with Crippen molar-refractivity contribution >= 4 is 16.7 Å². The van der Waals surface area contributed by atoms with E-state index in [-0.39, 0.29) is 29.0 Å². The molecular formula is C23H18F3N5O. The molecule has 0 aliphatic heterocycles. The van der Waals surface area contributed by atoms with Crippen molar-refractivity contribution in [2.75, 3.05) is 5.73 Å². The normalized spacial score (nSPS) is 18.1. The largest absolute Gasteiger partial charge is 0.434 e. The number of benzene rings is 1. The quantitative estimate of drug-likeness (QED) is 0.502. The van der Waals surface area contributed by atoms with Crippen LogP contribution in [-0.2, 0) is 24.6 Å². The van der Waals surface area contributed by atoms with Crippen LogP contribution in [0.1, 0.15) is 28.9 Å². The van der Waals surface area contributed by atoms with Crippen LogP contribution in [0.5, 0.6) is 0 Å². The van der Waals surface area contributed by atoms with Gasteiger partial charge in [0.15, 0.2) is 11.5 Å². The zero-order chi connectivity index (χ0) is 22.5. The van der Waals surface area contributed by atoms with E-state index in [1.807, 2.05) is 18.2 Å². The second-order valence-corrected chi connectivity index (χ2v) is 7.91. The highest BCUT2D eigenvalue weighted by Gasteiger charge is 2.38. The fourth-order valence-corrected chi connectivity index (χ4v) is 4.27. The maximum Gasteiger partial charge on any atom is 0.434 e. The first kappa shape index (κ1) is 20.3. The van der Waals surface area contributed by atoms with E-state index in [9.17, 15) is 18.3 Å². The third-order valence-corrected chi connectivity index (χ3v) is 5.73. The summed E-state index contributed by atoms with van der Waals surface area (Å²) in [7, 11) is 0. The molecule has 0 bridgehead atoms. The Bertz CT molecular complexity index is 1340. The first-order valence-electron chi connectivity index (χ1n) is 10.0. The molecule has 1 aromatic carbocycles. The molecule has 1 atom stereocenters. The van der Waals surface area contributed by atoms with Gasteiger partial charge in [-0.15, -0.1) is 0 Å². The van der Waals surface area contributed by atoms with Crippen LogP contribution >= 0.6 is 0 Å². The Morgan fingerprint density at radius 1 is 1.03 bits per heavy atom. The lowest BCUT2D eigenvalue weighted by Gasteiger charge is -2.23. The fourth-order valence-electron chi connectivity index (χ4n) is 4.27. The molecule has 0 fully saturated rings. The maximum atomic E-state index is 13.7. The number of aliphatic hydroxyl groups is 1. The molecule has 3 heterocycles. The van der Waals surface area contributed by atoms with Crippen molar-refractivity contribution in [1.82, 2.24) is 19.9 Å². The zero-order valence-corrected chi connectivity index (χ0v) is 16.8. The van der Waals surface area contributed by atoms with Gasteiger partial charge in [-0.3, -0.25) is 4.98 Å². The molecule has 162 valence electrons. The molecule has 0 amide bonds. The van der Waals surface area contributed by atoms with Gasteiger partial charge in [0.2, 0.25) is 0 Å². The first-order valence-corrected chi connectivity index (χ1v) is 10.0. The molecule has 3 N–H and O–H groups in total. The fraction of sp³-hybridized carbons (Fsp3) is 0.217. The van der Waals surface area contributed by atoms with Gasteiger partial charge in [-0.2, -0.15) is 13.2 Å². The number of alkyl halides is 3. The van der Waals surface area contributed by atoms with E-state index in [0.717, 1.165) is 11.1 Å². The van der Waals surface area contributed by atoms with Gasteiger partial charge in [0, 0.05) is 29.8 Å². The van der Waals surface area contributed by atoms with Gasteiger partial charge in [0.25, 0.3) is 0 Å². The highest BCUT2D eigenvalue weighted by Crippen LogP contribution is 2.39. The van der Waals surface area contributed by atoms with Crippen LogP contribution in [0, 0.1) is 0 Å². The summed E-state index contributed by atoms with van der Waals surface area (Å²) in [6, 6.07) is 11.8. The number of pyridine rings is 2. The lowest BCUT2D eigenvalue weighted by Crippen LogP contribution is -2.26. The Balaban J connectivity index is 1.58. The topological polar surface area (TPSA) is 97.8 Å². The number of rotatable bonds is 3. The van der Waals surface area contributed by atoms with Gasteiger partial charge < -0.3 is 10.8 Å². The second kappa shape index (κ2) is 7.23. The number of nitrogens with zero attached hydrogens (tertiary/aromatic N) is 4. The minimum Gasteiger partial charge on any atom is -0.383 e. The molecule has 0 radical (unpaired) electrons. The summed E-state index contributed by atoms with van der Waals surface area (Å²) in [6.45, 7) is 0. The number of halogens is 3. The third kappa shape index (κ3) is 3.44. The van der Waals surface area contributed by atoms with E-state index in [1.54, 1.807) is 24.4 Å². The van der Waals surface area contributed by atoms with Crippen molar-refractivity contribution in [1.29, 1.82) is 0 Å². The van der Waals surface area contributed by atoms with E-state index < -0.39 is 17.5 Å². The molecule has 1 aliphatic carbocycles. The Morgan fingerprint density at radius 3 is 2.69 bits per heavy atom. The number of aromatic nitrogens is 4. The van der Waals surface area contributed by atoms with Crippen molar-refractivity contribution in [3.63, 3.8) is 0 Å². The van der Waals surface area contributed by atoms with E-state index >= 15 is 0 Å². The molecule has 9 heteroatoms. The van der Waals surface area contributed by atoms with Gasteiger partial charge in [-0.05, 0) is 42.2 Å². The molecule has 0 spiro atoms. The summed E-state index contributed by atoms with van der Waals surface area (Å²) in [4.78, 5) is 16.3. The predicted octanol–water partition coefficient (Wildman–Crippen LogP) is 4.06. The Kier molecular flexibility index (Phi) is 4.59. The van der Waals surface area contributed by atoms with Crippen LogP contribution < -0.4 is 5.73 Å². The lowest BCUT2D eigenvalue weighted by molar-refractivity contribution is -0.139. The number of fused-ring (bicyclic) bond motifs is 2. The maximum absolute atomic E-state index is 13.7. The average molecular weight is 437 g/mol. The van der Waals surface area contributed by atoms with Crippen LogP contribution in [0.25, 0.3) is 22.3 Å². The van der Waals surface area contributed by atoms with Crippen molar-refractivity contribution in [3.8, 4) is 11.4 Å². The summed E-state index contributed by atoms with van der Waals surface area (Å²) in [5.74, 6) is -0.209. The lowest BCUT2D eigenvalue weighted by atomic mass is 9.91. The van der Waals surface area contributed by atoms with Crippen LogP contribution in [0.2, 0.25) is 0 Å². The van der Waals surface area contributed by atoms with Gasteiger partial charge in [0.1, 0.15) is 16.9 Å². The van der Waals surface area contributed by atoms with E-state index in [2.05, 4.69) is 19.9 Å². The predicted molar refractivity (Wildman–Crippen MR) is 112 cm³/mol. The third-order valence-electron chi connectivity index (χ3n) is 5.73. The van der Waals surface area contributed by atoms with Crippen molar-refractivity contribution in [3.05, 3.63) is 77.4 Å². The number of nitrogen functional groups attached to an aromatic ring is 1. The number of anilines is 1. The van der Waals surface area contributed by atoms with Crippen LogP contribution in [-0.4, -0.2) is 25.0 Å². The van der Waals surface area contributed by atoms with Gasteiger partial charge >= 0.3 is 6.18 Å². The second-order valence-electron chi connectivity index (χ2n) is 7.91. The standard InChI is InChI=1S/C23H18F3N5O/c24-23(25,26)19-16-7-10-29-20(27)17(16)30-21(31-19)15-4-1-3-13(11-15)12-22(32)8-6-14-5-2-9-28-18(14)22/h1-5,7,9-11,32H,6,8,12H2,(H2,27,29)/t22-/m0/s1. The molecule has 0 unspecified atom stereocenters. The highest BCUT2D eigenvalue weighted by molar-refractivity contribution is 5.90. The average Bonchev–Trinajstić information content (AvgIpc) is 3.09. The van der Waals surface area contributed by atoms with Crippen molar-refractivity contribution in [2.45, 2.75) is 31.0 Å². The van der Waals surface area contributed by atoms with Crippen molar-refractivity contribution < 1.29 is 18.3 Å². The molecule has 0 saturated carbocycles. The molecule has 4 aromatic rings. The summed E-state index contributed by atoms with van der Waals surface area (Å²) >= 11 is 0. The number of hydrogen-bond donors (Lipinski definition) is 2. The highest BCUT2D eigenvalue weighted by atomic mass is 19.4. The summed E-state index contributed by atoms with van der Waals surface area (Å²) in [6.07, 6.45) is -0.328. The number of hydrogen-bond acceptors (Lipinski definition) is 6. The summed E-state index contributed by atoms with van der Waals surface area (Å²) in [5, 5.41) is 11.0. The number of nitrogens with two attached hydrogens (primary N) is 1.